The maximum absolute atomic E-state index is 4.41. The fraction of sp³-hybridized carbons (Fsp3) is 0.769. The van der Waals surface area contributed by atoms with Gasteiger partial charge in [-0.25, -0.2) is 4.98 Å². The van der Waals surface area contributed by atoms with E-state index in [1.807, 2.05) is 6.20 Å². The summed E-state index contributed by atoms with van der Waals surface area (Å²) in [5.74, 6) is 2.65. The number of rotatable bonds is 4. The fourth-order valence-corrected chi connectivity index (χ4v) is 2.60. The lowest BCUT2D eigenvalue weighted by Crippen LogP contribution is -2.25. The molecule has 0 spiro atoms. The first-order valence-electron chi connectivity index (χ1n) is 6.50. The summed E-state index contributed by atoms with van der Waals surface area (Å²) in [6.07, 6.45) is 7.73. The molecule has 1 aromatic rings. The lowest BCUT2D eigenvalue weighted by atomic mass is 9.98. The van der Waals surface area contributed by atoms with Crippen LogP contribution in [0, 0.1) is 11.8 Å². The Morgan fingerprint density at radius 2 is 2.25 bits per heavy atom. The molecule has 0 saturated heterocycles. The molecule has 3 atom stereocenters. The van der Waals surface area contributed by atoms with Gasteiger partial charge < -0.3 is 9.88 Å². The largest absolute Gasteiger partial charge is 0.353 e. The van der Waals surface area contributed by atoms with Crippen molar-refractivity contribution in [2.45, 2.75) is 52.6 Å². The molecular formula is C13H23N3. The van der Waals surface area contributed by atoms with E-state index >= 15 is 0 Å². The van der Waals surface area contributed by atoms with Crippen molar-refractivity contribution in [1.82, 2.24) is 9.55 Å². The van der Waals surface area contributed by atoms with E-state index in [1.165, 1.54) is 12.8 Å². The van der Waals surface area contributed by atoms with E-state index in [-0.39, 0.29) is 0 Å². The minimum Gasteiger partial charge on any atom is -0.353 e. The Kier molecular flexibility index (Phi) is 3.52. The Hall–Kier alpha value is -0.990. The van der Waals surface area contributed by atoms with Crippen molar-refractivity contribution in [3.8, 4) is 0 Å². The highest BCUT2D eigenvalue weighted by molar-refractivity contribution is 5.28. The van der Waals surface area contributed by atoms with E-state index in [2.05, 4.69) is 41.8 Å². The first-order valence-corrected chi connectivity index (χ1v) is 6.50. The van der Waals surface area contributed by atoms with E-state index in [1.54, 1.807) is 0 Å². The highest BCUT2D eigenvalue weighted by Crippen LogP contribution is 2.32. The summed E-state index contributed by atoms with van der Waals surface area (Å²) < 4.78 is 2.22. The number of hydrogen-bond acceptors (Lipinski definition) is 2. The van der Waals surface area contributed by atoms with E-state index in [0.717, 1.165) is 30.7 Å². The summed E-state index contributed by atoms with van der Waals surface area (Å²) in [6, 6.07) is 0.605. The van der Waals surface area contributed by atoms with Crippen LogP contribution < -0.4 is 5.32 Å². The minimum atomic E-state index is 0.605. The average Bonchev–Trinajstić information content (AvgIpc) is 2.82. The van der Waals surface area contributed by atoms with Gasteiger partial charge >= 0.3 is 0 Å². The standard InChI is InChI=1S/C13H23N3/c1-4-8-16-9-7-14-13(16)15-12-6-5-10(2)11(12)3/h7,9-12H,4-6,8H2,1-3H3,(H,14,15). The zero-order valence-corrected chi connectivity index (χ0v) is 10.6. The van der Waals surface area contributed by atoms with Crippen LogP contribution >= 0.6 is 0 Å². The van der Waals surface area contributed by atoms with E-state index in [4.69, 9.17) is 0 Å². The van der Waals surface area contributed by atoms with Crippen LogP contribution in [0.5, 0.6) is 0 Å². The summed E-state index contributed by atoms with van der Waals surface area (Å²) >= 11 is 0. The second-order valence-electron chi connectivity index (χ2n) is 5.11. The molecule has 1 N–H and O–H groups in total. The molecule has 0 aliphatic heterocycles. The van der Waals surface area contributed by atoms with Crippen LogP contribution in [-0.2, 0) is 6.54 Å². The average molecular weight is 221 g/mol. The Balaban J connectivity index is 2.00. The summed E-state index contributed by atoms with van der Waals surface area (Å²) in [7, 11) is 0. The van der Waals surface area contributed by atoms with Crippen LogP contribution in [0.1, 0.15) is 40.0 Å². The van der Waals surface area contributed by atoms with Crippen molar-refractivity contribution in [1.29, 1.82) is 0 Å². The van der Waals surface area contributed by atoms with Crippen molar-refractivity contribution in [3.63, 3.8) is 0 Å². The molecule has 1 aromatic heterocycles. The zero-order chi connectivity index (χ0) is 11.5. The monoisotopic (exact) mass is 221 g/mol. The van der Waals surface area contributed by atoms with Gasteiger partial charge in [-0.1, -0.05) is 20.8 Å². The number of nitrogens with one attached hydrogen (secondary N) is 1. The van der Waals surface area contributed by atoms with Crippen LogP contribution in [-0.4, -0.2) is 15.6 Å². The molecule has 16 heavy (non-hydrogen) atoms. The van der Waals surface area contributed by atoms with Crippen molar-refractivity contribution >= 4 is 5.95 Å². The van der Waals surface area contributed by atoms with Crippen molar-refractivity contribution in [2.24, 2.45) is 11.8 Å². The lowest BCUT2D eigenvalue weighted by molar-refractivity contribution is 0.433. The Morgan fingerprint density at radius 1 is 1.44 bits per heavy atom. The number of aryl methyl sites for hydroxylation is 1. The molecule has 90 valence electrons. The summed E-state index contributed by atoms with van der Waals surface area (Å²) in [4.78, 5) is 4.41. The number of anilines is 1. The van der Waals surface area contributed by atoms with Gasteiger partial charge in [0.05, 0.1) is 0 Å². The molecule has 0 radical (unpaired) electrons. The molecule has 1 aliphatic carbocycles. The predicted octanol–water partition coefficient (Wildman–Crippen LogP) is 3.14. The third-order valence-corrected chi connectivity index (χ3v) is 3.96. The quantitative estimate of drug-likeness (QED) is 0.846. The SMILES string of the molecule is CCCn1ccnc1NC1CCC(C)C1C. The van der Waals surface area contributed by atoms with Crippen molar-refractivity contribution in [2.75, 3.05) is 5.32 Å². The van der Waals surface area contributed by atoms with Gasteiger partial charge in [0.1, 0.15) is 0 Å². The zero-order valence-electron chi connectivity index (χ0n) is 10.6. The van der Waals surface area contributed by atoms with Crippen molar-refractivity contribution in [3.05, 3.63) is 12.4 Å². The van der Waals surface area contributed by atoms with Crippen LogP contribution in [0.2, 0.25) is 0 Å². The molecule has 0 amide bonds. The minimum absolute atomic E-state index is 0.605. The maximum Gasteiger partial charge on any atom is 0.202 e. The number of aromatic nitrogens is 2. The van der Waals surface area contributed by atoms with E-state index in [0.29, 0.717) is 6.04 Å². The Labute approximate surface area is 98.3 Å². The van der Waals surface area contributed by atoms with E-state index in [9.17, 15) is 0 Å². The van der Waals surface area contributed by atoms with Crippen molar-refractivity contribution < 1.29 is 0 Å². The molecule has 0 aromatic carbocycles. The molecule has 3 heteroatoms. The third kappa shape index (κ3) is 2.23. The molecular weight excluding hydrogens is 198 g/mol. The topological polar surface area (TPSA) is 29.9 Å². The van der Waals surface area contributed by atoms with Gasteiger partial charge in [0, 0.05) is 25.0 Å². The van der Waals surface area contributed by atoms with Crippen LogP contribution in [0.25, 0.3) is 0 Å². The number of imidazole rings is 1. The smallest absolute Gasteiger partial charge is 0.202 e. The van der Waals surface area contributed by atoms with Gasteiger partial charge in [-0.15, -0.1) is 0 Å². The lowest BCUT2D eigenvalue weighted by Gasteiger charge is -2.20. The number of nitrogens with zero attached hydrogens (tertiary/aromatic N) is 2. The maximum atomic E-state index is 4.41. The van der Waals surface area contributed by atoms with Crippen LogP contribution in [0.4, 0.5) is 5.95 Å². The molecule has 0 bridgehead atoms. The Morgan fingerprint density at radius 3 is 2.88 bits per heavy atom. The number of hydrogen-bond donors (Lipinski definition) is 1. The van der Waals surface area contributed by atoms with Gasteiger partial charge in [-0.3, -0.25) is 0 Å². The highest BCUT2D eigenvalue weighted by Gasteiger charge is 2.30. The van der Waals surface area contributed by atoms with Gasteiger partial charge in [-0.05, 0) is 31.1 Å². The summed E-state index contributed by atoms with van der Waals surface area (Å²) in [5, 5.41) is 3.61. The first-order chi connectivity index (χ1) is 7.72. The summed E-state index contributed by atoms with van der Waals surface area (Å²) in [6.45, 7) is 7.95. The van der Waals surface area contributed by atoms with E-state index < -0.39 is 0 Å². The van der Waals surface area contributed by atoms with Crippen LogP contribution in [0.3, 0.4) is 0 Å². The normalized spacial score (nSPS) is 29.6. The first kappa shape index (κ1) is 11.5. The van der Waals surface area contributed by atoms with Gasteiger partial charge in [0.2, 0.25) is 5.95 Å². The second kappa shape index (κ2) is 4.89. The highest BCUT2D eigenvalue weighted by atomic mass is 15.2. The van der Waals surface area contributed by atoms with Gasteiger partial charge in [-0.2, -0.15) is 0 Å². The molecule has 3 nitrogen and oxygen atoms in total. The Bertz CT molecular complexity index is 332. The predicted molar refractivity (Wildman–Crippen MR) is 67.5 cm³/mol. The van der Waals surface area contributed by atoms with Gasteiger partial charge in [0.25, 0.3) is 0 Å². The second-order valence-corrected chi connectivity index (χ2v) is 5.11. The molecule has 2 rings (SSSR count). The summed E-state index contributed by atoms with van der Waals surface area (Å²) in [5.41, 5.74) is 0. The molecule has 1 aliphatic rings. The molecule has 1 heterocycles. The van der Waals surface area contributed by atoms with Gasteiger partial charge in [0.15, 0.2) is 0 Å². The fourth-order valence-electron chi connectivity index (χ4n) is 2.60. The third-order valence-electron chi connectivity index (χ3n) is 3.96. The molecule has 1 fully saturated rings. The molecule has 3 unspecified atom stereocenters. The molecule has 1 saturated carbocycles. The van der Waals surface area contributed by atoms with Crippen LogP contribution in [0.15, 0.2) is 12.4 Å².